The normalized spacial score (nSPS) is 20.9. The van der Waals surface area contributed by atoms with Crippen molar-refractivity contribution in [1.82, 2.24) is 0 Å². The van der Waals surface area contributed by atoms with Crippen molar-refractivity contribution >= 4 is 5.69 Å². The highest BCUT2D eigenvalue weighted by Crippen LogP contribution is 2.32. The van der Waals surface area contributed by atoms with Crippen LogP contribution in [0.5, 0.6) is 0 Å². The molecule has 0 saturated heterocycles. The van der Waals surface area contributed by atoms with Gasteiger partial charge in [-0.3, -0.25) is 0 Å². The lowest BCUT2D eigenvalue weighted by Crippen LogP contribution is -2.12. The van der Waals surface area contributed by atoms with Gasteiger partial charge in [0.2, 0.25) is 0 Å². The van der Waals surface area contributed by atoms with Crippen molar-refractivity contribution in [3.8, 4) is 0 Å². The Labute approximate surface area is 83.3 Å². The van der Waals surface area contributed by atoms with Crippen LogP contribution in [0.25, 0.3) is 0 Å². The van der Waals surface area contributed by atoms with Gasteiger partial charge >= 0.3 is 0 Å². The molecule has 2 rings (SSSR count). The fourth-order valence-electron chi connectivity index (χ4n) is 2.03. The number of anilines is 1. The van der Waals surface area contributed by atoms with Crippen molar-refractivity contribution in [3.63, 3.8) is 0 Å². The maximum Gasteiger partial charge on any atom is 0.146 e. The van der Waals surface area contributed by atoms with E-state index in [1.807, 2.05) is 6.07 Å². The predicted octanol–water partition coefficient (Wildman–Crippen LogP) is 2.07. The monoisotopic (exact) mass is 194 g/mol. The van der Waals surface area contributed by atoms with Gasteiger partial charge in [-0.1, -0.05) is 12.1 Å². The molecule has 1 aromatic carbocycles. The zero-order chi connectivity index (χ0) is 9.97. The minimum Gasteiger partial charge on any atom is -0.382 e. The Morgan fingerprint density at radius 3 is 3.14 bits per heavy atom. The van der Waals surface area contributed by atoms with Crippen LogP contribution in [0.1, 0.15) is 24.3 Å². The summed E-state index contributed by atoms with van der Waals surface area (Å²) in [5, 5.41) is 3.13. The van der Waals surface area contributed by atoms with Gasteiger partial charge in [-0.05, 0) is 36.9 Å². The zero-order valence-corrected chi connectivity index (χ0v) is 8.09. The summed E-state index contributed by atoms with van der Waals surface area (Å²) in [6, 6.07) is 5.21. The zero-order valence-electron chi connectivity index (χ0n) is 8.09. The molecule has 0 fully saturated rings. The Balaban J connectivity index is 2.44. The Bertz CT molecular complexity index is 325. The van der Waals surface area contributed by atoms with Crippen molar-refractivity contribution in [2.24, 2.45) is 5.73 Å². The third-order valence-corrected chi connectivity index (χ3v) is 2.80. The van der Waals surface area contributed by atoms with Crippen molar-refractivity contribution in [1.29, 1.82) is 0 Å². The van der Waals surface area contributed by atoms with Crippen LogP contribution >= 0.6 is 0 Å². The van der Waals surface area contributed by atoms with E-state index in [4.69, 9.17) is 5.73 Å². The van der Waals surface area contributed by atoms with Gasteiger partial charge in [-0.15, -0.1) is 0 Å². The van der Waals surface area contributed by atoms with E-state index in [2.05, 4.69) is 5.32 Å². The fraction of sp³-hybridized carbons (Fsp3) is 0.455. The molecule has 0 aliphatic carbocycles. The van der Waals surface area contributed by atoms with Gasteiger partial charge in [0.1, 0.15) is 5.82 Å². The number of hydrogen-bond acceptors (Lipinski definition) is 2. The molecule has 0 radical (unpaired) electrons. The van der Waals surface area contributed by atoms with Crippen molar-refractivity contribution < 1.29 is 4.39 Å². The summed E-state index contributed by atoms with van der Waals surface area (Å²) in [6.45, 7) is 1.43. The van der Waals surface area contributed by atoms with E-state index >= 15 is 0 Å². The molecule has 3 N–H and O–H groups in total. The molecule has 0 aromatic heterocycles. The van der Waals surface area contributed by atoms with E-state index in [9.17, 15) is 4.39 Å². The fourth-order valence-corrected chi connectivity index (χ4v) is 2.03. The van der Waals surface area contributed by atoms with Gasteiger partial charge in [-0.2, -0.15) is 0 Å². The number of hydrogen-bond donors (Lipinski definition) is 2. The van der Waals surface area contributed by atoms with Gasteiger partial charge in [0.05, 0.1) is 5.69 Å². The van der Waals surface area contributed by atoms with E-state index in [0.29, 0.717) is 18.2 Å². The Morgan fingerprint density at radius 2 is 2.36 bits per heavy atom. The first-order valence-electron chi connectivity index (χ1n) is 5.05. The summed E-state index contributed by atoms with van der Waals surface area (Å²) < 4.78 is 13.5. The Hall–Kier alpha value is -1.09. The first kappa shape index (κ1) is 9.46. The quantitative estimate of drug-likeness (QED) is 0.718. The maximum absolute atomic E-state index is 13.5. The summed E-state index contributed by atoms with van der Waals surface area (Å²) >= 11 is 0. The first-order chi connectivity index (χ1) is 6.83. The second kappa shape index (κ2) is 3.96. The van der Waals surface area contributed by atoms with Crippen LogP contribution < -0.4 is 11.1 Å². The van der Waals surface area contributed by atoms with Crippen LogP contribution in [-0.4, -0.2) is 13.1 Å². The molecule has 14 heavy (non-hydrogen) atoms. The lowest BCUT2D eigenvalue weighted by molar-refractivity contribution is 0.615. The molecule has 0 bridgehead atoms. The van der Waals surface area contributed by atoms with E-state index in [1.165, 1.54) is 6.07 Å². The third-order valence-electron chi connectivity index (χ3n) is 2.80. The maximum atomic E-state index is 13.5. The highest BCUT2D eigenvalue weighted by atomic mass is 19.1. The van der Waals surface area contributed by atoms with E-state index in [-0.39, 0.29) is 5.82 Å². The molecule has 1 aromatic rings. The van der Waals surface area contributed by atoms with E-state index < -0.39 is 0 Å². The molecular formula is C11H15FN2. The minimum atomic E-state index is -0.164. The number of benzene rings is 1. The SMILES string of the molecule is NCC1CCCNc2c(F)cccc21. The molecule has 1 unspecified atom stereocenters. The van der Waals surface area contributed by atoms with Crippen molar-refractivity contribution in [2.75, 3.05) is 18.4 Å². The molecule has 2 nitrogen and oxygen atoms in total. The summed E-state index contributed by atoms with van der Waals surface area (Å²) in [5.74, 6) is 0.138. The predicted molar refractivity (Wildman–Crippen MR) is 55.9 cm³/mol. The number of halogens is 1. The van der Waals surface area contributed by atoms with Crippen molar-refractivity contribution in [3.05, 3.63) is 29.6 Å². The average Bonchev–Trinajstić information content (AvgIpc) is 2.40. The number of nitrogens with two attached hydrogens (primary N) is 1. The highest BCUT2D eigenvalue weighted by Gasteiger charge is 2.19. The van der Waals surface area contributed by atoms with Crippen LogP contribution in [0, 0.1) is 5.82 Å². The van der Waals surface area contributed by atoms with Gasteiger partial charge in [-0.25, -0.2) is 4.39 Å². The van der Waals surface area contributed by atoms with Crippen LogP contribution in [0.15, 0.2) is 18.2 Å². The standard InChI is InChI=1S/C11H15FN2/c12-10-5-1-4-9-8(7-13)3-2-6-14-11(9)10/h1,4-5,8,14H,2-3,6-7,13H2. The summed E-state index contributed by atoms with van der Waals surface area (Å²) in [4.78, 5) is 0. The first-order valence-corrected chi connectivity index (χ1v) is 5.05. The molecule has 0 spiro atoms. The third kappa shape index (κ3) is 1.60. The molecular weight excluding hydrogens is 179 g/mol. The number of para-hydroxylation sites is 1. The largest absolute Gasteiger partial charge is 0.382 e. The second-order valence-corrected chi connectivity index (χ2v) is 3.71. The van der Waals surface area contributed by atoms with Gasteiger partial charge in [0.15, 0.2) is 0 Å². The lowest BCUT2D eigenvalue weighted by Gasteiger charge is -2.15. The lowest BCUT2D eigenvalue weighted by atomic mass is 9.94. The molecule has 76 valence electrons. The van der Waals surface area contributed by atoms with Crippen LogP contribution in [0.4, 0.5) is 10.1 Å². The summed E-state index contributed by atoms with van der Waals surface area (Å²) in [7, 11) is 0. The Kier molecular flexibility index (Phi) is 2.68. The molecule has 1 heterocycles. The second-order valence-electron chi connectivity index (χ2n) is 3.71. The van der Waals surface area contributed by atoms with E-state index in [1.54, 1.807) is 6.07 Å². The molecule has 1 aliphatic heterocycles. The number of fused-ring (bicyclic) bond motifs is 1. The topological polar surface area (TPSA) is 38.0 Å². The smallest absolute Gasteiger partial charge is 0.146 e. The van der Waals surface area contributed by atoms with Crippen LogP contribution in [0.2, 0.25) is 0 Å². The minimum absolute atomic E-state index is 0.164. The van der Waals surface area contributed by atoms with Gasteiger partial charge < -0.3 is 11.1 Å². The molecule has 0 amide bonds. The number of rotatable bonds is 1. The van der Waals surface area contributed by atoms with E-state index in [0.717, 1.165) is 24.9 Å². The van der Waals surface area contributed by atoms with Gasteiger partial charge in [0, 0.05) is 6.54 Å². The number of nitrogens with one attached hydrogen (secondary N) is 1. The van der Waals surface area contributed by atoms with Gasteiger partial charge in [0.25, 0.3) is 0 Å². The summed E-state index contributed by atoms with van der Waals surface area (Å²) in [5.41, 5.74) is 7.37. The molecule has 3 heteroatoms. The molecule has 1 aliphatic rings. The summed E-state index contributed by atoms with van der Waals surface area (Å²) in [6.07, 6.45) is 2.09. The van der Waals surface area contributed by atoms with Crippen LogP contribution in [-0.2, 0) is 0 Å². The van der Waals surface area contributed by atoms with Crippen LogP contribution in [0.3, 0.4) is 0 Å². The Morgan fingerprint density at radius 1 is 1.50 bits per heavy atom. The van der Waals surface area contributed by atoms with Crippen molar-refractivity contribution in [2.45, 2.75) is 18.8 Å². The average molecular weight is 194 g/mol. The highest BCUT2D eigenvalue weighted by molar-refractivity contribution is 5.54. The molecule has 0 saturated carbocycles. The molecule has 1 atom stereocenters.